The number of imidazole rings is 1. The van der Waals surface area contributed by atoms with Gasteiger partial charge in [-0.3, -0.25) is 14.4 Å². The molecular weight excluding hydrogens is 525 g/mol. The third-order valence-electron chi connectivity index (χ3n) is 5.39. The molecule has 2 N–H and O–H groups in total. The number of nitrogens with zero attached hydrogens (tertiary/aromatic N) is 2. The van der Waals surface area contributed by atoms with Crippen molar-refractivity contribution in [2.75, 3.05) is 27.4 Å². The highest BCUT2D eigenvalue weighted by atomic mass is 19.4. The normalized spacial score (nSPS) is 11.1. The van der Waals surface area contributed by atoms with E-state index in [2.05, 4.69) is 20.4 Å². The maximum atomic E-state index is 13.3. The van der Waals surface area contributed by atoms with Crippen LogP contribution in [0.2, 0.25) is 0 Å². The Morgan fingerprint density at radius 2 is 1.62 bits per heavy atom. The molecule has 0 aliphatic carbocycles. The molecule has 1 heterocycles. The first kappa shape index (κ1) is 28.9. The van der Waals surface area contributed by atoms with Crippen LogP contribution in [0.15, 0.2) is 36.4 Å². The number of alkyl halides is 3. The minimum atomic E-state index is -4.71. The Balaban J connectivity index is 1.74. The Labute approximate surface area is 220 Å². The SMILES string of the molecule is CCOC(=O)C(=O)c1nc2ccc(C(F)(F)F)cc2n1CC(=O)NCC(=O)NCc1cc(OC)cc(OC)c1. The zero-order chi connectivity index (χ0) is 28.7. The molecule has 0 bridgehead atoms. The number of hydrogen-bond donors (Lipinski definition) is 2. The number of ether oxygens (including phenoxy) is 3. The fourth-order valence-corrected chi connectivity index (χ4v) is 3.53. The Kier molecular flexibility index (Phi) is 9.12. The minimum absolute atomic E-state index is 0.0464. The van der Waals surface area contributed by atoms with Crippen molar-refractivity contribution in [3.05, 3.63) is 53.3 Å². The van der Waals surface area contributed by atoms with E-state index in [-0.39, 0.29) is 24.2 Å². The molecule has 0 radical (unpaired) electrons. The first-order chi connectivity index (χ1) is 18.5. The topological polar surface area (TPSA) is 138 Å². The standard InChI is InChI=1S/C25H25F3N4O7/c1-4-39-24(36)22(35)23-31-18-6-5-15(25(26,27)28)9-19(18)32(23)13-21(34)30-12-20(33)29-11-14-7-16(37-2)10-17(8-14)38-3/h5-10H,4,11-13H2,1-3H3,(H,29,33)(H,30,34). The lowest BCUT2D eigenvalue weighted by Gasteiger charge is -2.12. The molecule has 2 aromatic carbocycles. The molecule has 39 heavy (non-hydrogen) atoms. The number of aromatic nitrogens is 2. The molecule has 0 spiro atoms. The van der Waals surface area contributed by atoms with Gasteiger partial charge in [0, 0.05) is 12.6 Å². The van der Waals surface area contributed by atoms with Crippen molar-refractivity contribution >= 4 is 34.6 Å². The van der Waals surface area contributed by atoms with Gasteiger partial charge in [-0.1, -0.05) is 0 Å². The number of benzene rings is 2. The van der Waals surface area contributed by atoms with Crippen LogP contribution in [0.4, 0.5) is 13.2 Å². The molecule has 1 aromatic heterocycles. The number of Topliss-reactive ketones (excluding diaryl/α,β-unsaturated/α-hetero) is 1. The van der Waals surface area contributed by atoms with E-state index in [0.717, 1.165) is 16.7 Å². The molecule has 11 nitrogen and oxygen atoms in total. The summed E-state index contributed by atoms with van der Waals surface area (Å²) in [6.07, 6.45) is -4.71. The number of nitrogens with one attached hydrogen (secondary N) is 2. The zero-order valence-electron chi connectivity index (χ0n) is 21.2. The molecule has 0 saturated heterocycles. The van der Waals surface area contributed by atoms with Gasteiger partial charge in [-0.2, -0.15) is 13.2 Å². The van der Waals surface area contributed by atoms with E-state index in [1.54, 1.807) is 18.2 Å². The summed E-state index contributed by atoms with van der Waals surface area (Å²) in [6, 6.07) is 7.53. The summed E-state index contributed by atoms with van der Waals surface area (Å²) in [5.74, 6) is -3.44. The summed E-state index contributed by atoms with van der Waals surface area (Å²) in [6.45, 7) is 0.265. The number of amides is 2. The molecular formula is C25H25F3N4O7. The van der Waals surface area contributed by atoms with Crippen LogP contribution in [0.3, 0.4) is 0 Å². The van der Waals surface area contributed by atoms with Gasteiger partial charge in [-0.25, -0.2) is 9.78 Å². The largest absolute Gasteiger partial charge is 0.497 e. The fourth-order valence-electron chi connectivity index (χ4n) is 3.53. The number of methoxy groups -OCH3 is 2. The van der Waals surface area contributed by atoms with Crippen LogP contribution in [0.1, 0.15) is 28.7 Å². The van der Waals surface area contributed by atoms with E-state index >= 15 is 0 Å². The fraction of sp³-hybridized carbons (Fsp3) is 0.320. The second kappa shape index (κ2) is 12.3. The summed E-state index contributed by atoms with van der Waals surface area (Å²) in [5, 5.41) is 4.94. The molecule has 208 valence electrons. The van der Waals surface area contributed by atoms with Crippen LogP contribution in [0.5, 0.6) is 11.5 Å². The van der Waals surface area contributed by atoms with E-state index in [1.807, 2.05) is 0 Å². The number of fused-ring (bicyclic) bond motifs is 1. The van der Waals surface area contributed by atoms with Crippen LogP contribution < -0.4 is 20.1 Å². The van der Waals surface area contributed by atoms with Crippen molar-refractivity contribution in [1.29, 1.82) is 0 Å². The van der Waals surface area contributed by atoms with Crippen molar-refractivity contribution in [3.63, 3.8) is 0 Å². The summed E-state index contributed by atoms with van der Waals surface area (Å²) in [4.78, 5) is 53.4. The summed E-state index contributed by atoms with van der Waals surface area (Å²) < 4.78 is 55.7. The number of rotatable bonds is 11. The highest BCUT2D eigenvalue weighted by Crippen LogP contribution is 2.32. The van der Waals surface area contributed by atoms with Gasteiger partial charge in [0.1, 0.15) is 18.0 Å². The van der Waals surface area contributed by atoms with E-state index in [9.17, 15) is 32.3 Å². The Hall–Kier alpha value is -4.62. The van der Waals surface area contributed by atoms with Crippen LogP contribution in [0.25, 0.3) is 11.0 Å². The molecule has 0 unspecified atom stereocenters. The van der Waals surface area contributed by atoms with E-state index < -0.39 is 54.2 Å². The van der Waals surface area contributed by atoms with E-state index in [1.165, 1.54) is 21.1 Å². The molecule has 3 rings (SSSR count). The van der Waals surface area contributed by atoms with Gasteiger partial charge < -0.3 is 29.4 Å². The van der Waals surface area contributed by atoms with Gasteiger partial charge in [0.25, 0.3) is 0 Å². The summed E-state index contributed by atoms with van der Waals surface area (Å²) >= 11 is 0. The predicted molar refractivity (Wildman–Crippen MR) is 130 cm³/mol. The number of esters is 1. The summed E-state index contributed by atoms with van der Waals surface area (Å²) in [5.41, 5.74) is -0.627. The molecule has 0 saturated carbocycles. The maximum Gasteiger partial charge on any atom is 0.416 e. The molecule has 3 aromatic rings. The van der Waals surface area contributed by atoms with Crippen molar-refractivity contribution in [2.24, 2.45) is 0 Å². The second-order valence-electron chi connectivity index (χ2n) is 8.05. The van der Waals surface area contributed by atoms with Crippen LogP contribution >= 0.6 is 0 Å². The van der Waals surface area contributed by atoms with E-state index in [4.69, 9.17) is 9.47 Å². The third-order valence-corrected chi connectivity index (χ3v) is 5.39. The third kappa shape index (κ3) is 7.24. The highest BCUT2D eigenvalue weighted by molar-refractivity contribution is 6.40. The number of carbonyl (C=O) groups excluding carboxylic acids is 4. The average molecular weight is 550 g/mol. The average Bonchev–Trinajstić information content (AvgIpc) is 3.26. The lowest BCUT2D eigenvalue weighted by molar-refractivity contribution is -0.138. The Bertz CT molecular complexity index is 1380. The number of carbonyl (C=O) groups is 4. The molecule has 14 heteroatoms. The zero-order valence-corrected chi connectivity index (χ0v) is 21.2. The first-order valence-electron chi connectivity index (χ1n) is 11.5. The second-order valence-corrected chi connectivity index (χ2v) is 8.05. The maximum absolute atomic E-state index is 13.3. The van der Waals surface area contributed by atoms with Gasteiger partial charge in [-0.05, 0) is 42.8 Å². The van der Waals surface area contributed by atoms with Gasteiger partial charge in [0.2, 0.25) is 11.8 Å². The van der Waals surface area contributed by atoms with Crippen LogP contribution in [-0.4, -0.2) is 60.5 Å². The molecule has 2 amide bonds. The summed E-state index contributed by atoms with van der Waals surface area (Å²) in [7, 11) is 2.96. The van der Waals surface area contributed by atoms with Gasteiger partial charge in [0.05, 0.1) is 44.0 Å². The van der Waals surface area contributed by atoms with E-state index in [0.29, 0.717) is 23.1 Å². The lowest BCUT2D eigenvalue weighted by atomic mass is 10.2. The number of halogens is 3. The van der Waals surface area contributed by atoms with Crippen molar-refractivity contribution in [3.8, 4) is 11.5 Å². The molecule has 0 atom stereocenters. The monoisotopic (exact) mass is 550 g/mol. The Morgan fingerprint density at radius 3 is 2.21 bits per heavy atom. The smallest absolute Gasteiger partial charge is 0.416 e. The van der Waals surface area contributed by atoms with Crippen LogP contribution in [-0.2, 0) is 38.4 Å². The number of ketones is 1. The molecule has 0 fully saturated rings. The predicted octanol–water partition coefficient (Wildman–Crippen LogP) is 2.25. The quantitative estimate of drug-likeness (QED) is 0.211. The van der Waals surface area contributed by atoms with Crippen molar-refractivity contribution in [2.45, 2.75) is 26.2 Å². The van der Waals surface area contributed by atoms with Crippen molar-refractivity contribution in [1.82, 2.24) is 20.2 Å². The van der Waals surface area contributed by atoms with Gasteiger partial charge >= 0.3 is 17.9 Å². The lowest BCUT2D eigenvalue weighted by Crippen LogP contribution is -2.38. The van der Waals surface area contributed by atoms with Gasteiger partial charge in [-0.15, -0.1) is 0 Å². The minimum Gasteiger partial charge on any atom is -0.497 e. The van der Waals surface area contributed by atoms with Gasteiger partial charge in [0.15, 0.2) is 5.82 Å². The molecule has 0 aliphatic rings. The first-order valence-corrected chi connectivity index (χ1v) is 11.5. The molecule has 0 aliphatic heterocycles. The Morgan fingerprint density at radius 1 is 0.949 bits per heavy atom. The van der Waals surface area contributed by atoms with Crippen LogP contribution in [0, 0.1) is 0 Å². The highest BCUT2D eigenvalue weighted by Gasteiger charge is 2.32. The van der Waals surface area contributed by atoms with Crippen molar-refractivity contribution < 1.29 is 46.6 Å². The number of hydrogen-bond acceptors (Lipinski definition) is 8.